The van der Waals surface area contributed by atoms with Gasteiger partial charge in [0.15, 0.2) is 17.7 Å². The molecule has 0 radical (unpaired) electrons. The lowest BCUT2D eigenvalue weighted by molar-refractivity contribution is -0.00234. The number of imidazole rings is 1. The van der Waals surface area contributed by atoms with Crippen molar-refractivity contribution >= 4 is 40.2 Å². The molecule has 0 aromatic carbocycles. The number of rotatable bonds is 2. The summed E-state index contributed by atoms with van der Waals surface area (Å²) < 4.78 is 7.79. The van der Waals surface area contributed by atoms with E-state index in [1.165, 1.54) is 0 Å². The standard InChI is InChI=1S/C12H15Cl2N5O/c1-3-6-5(2)7(13)11(20-6)19-4-16-8-9(15)17-12(14)18-10(8)19/h4-7,11H,3H2,1-2H3,(H2,15,17,18)/t5-,6+,7?,11+/m0/s1. The van der Waals surface area contributed by atoms with E-state index in [1.54, 1.807) is 10.9 Å². The number of fused-ring (bicyclic) bond motifs is 1. The van der Waals surface area contributed by atoms with Gasteiger partial charge in [0.25, 0.3) is 0 Å². The summed E-state index contributed by atoms with van der Waals surface area (Å²) in [5.41, 5.74) is 6.85. The van der Waals surface area contributed by atoms with Crippen molar-refractivity contribution in [1.82, 2.24) is 19.5 Å². The van der Waals surface area contributed by atoms with E-state index in [2.05, 4.69) is 28.8 Å². The largest absolute Gasteiger partial charge is 0.382 e. The van der Waals surface area contributed by atoms with Gasteiger partial charge in [-0.2, -0.15) is 9.97 Å². The smallest absolute Gasteiger partial charge is 0.226 e. The van der Waals surface area contributed by atoms with Crippen LogP contribution in [0, 0.1) is 5.92 Å². The Kier molecular flexibility index (Phi) is 3.48. The van der Waals surface area contributed by atoms with Gasteiger partial charge in [-0.05, 0) is 18.0 Å². The first-order chi connectivity index (χ1) is 9.52. The molecule has 3 rings (SSSR count). The second-order valence-corrected chi connectivity index (χ2v) is 5.82. The molecule has 0 aliphatic carbocycles. The van der Waals surface area contributed by atoms with E-state index in [4.69, 9.17) is 33.7 Å². The van der Waals surface area contributed by atoms with Gasteiger partial charge in [-0.25, -0.2) is 4.98 Å². The lowest BCUT2D eigenvalue weighted by Crippen LogP contribution is -2.19. The third-order valence-corrected chi connectivity index (χ3v) is 4.56. The molecule has 2 aromatic heterocycles. The number of ether oxygens (including phenoxy) is 1. The first-order valence-corrected chi connectivity index (χ1v) is 7.29. The van der Waals surface area contributed by atoms with Crippen LogP contribution in [0.3, 0.4) is 0 Å². The van der Waals surface area contributed by atoms with Gasteiger partial charge in [-0.3, -0.25) is 4.57 Å². The fraction of sp³-hybridized carbons (Fsp3) is 0.583. The molecule has 2 aromatic rings. The Hall–Kier alpha value is -1.11. The molecule has 108 valence electrons. The highest BCUT2D eigenvalue weighted by molar-refractivity contribution is 6.28. The molecule has 0 bridgehead atoms. The number of nitrogens with two attached hydrogens (primary N) is 1. The Morgan fingerprint density at radius 3 is 2.85 bits per heavy atom. The topological polar surface area (TPSA) is 78.9 Å². The highest BCUT2D eigenvalue weighted by atomic mass is 35.5. The number of hydrogen-bond donors (Lipinski definition) is 1. The molecule has 2 N–H and O–H groups in total. The van der Waals surface area contributed by atoms with Gasteiger partial charge < -0.3 is 10.5 Å². The minimum Gasteiger partial charge on any atom is -0.382 e. The molecule has 6 nitrogen and oxygen atoms in total. The number of anilines is 1. The van der Waals surface area contributed by atoms with E-state index < -0.39 is 0 Å². The van der Waals surface area contributed by atoms with E-state index in [-0.39, 0.29) is 34.7 Å². The number of aromatic nitrogens is 4. The minimum absolute atomic E-state index is 0.0842. The van der Waals surface area contributed by atoms with Gasteiger partial charge in [0, 0.05) is 5.92 Å². The van der Waals surface area contributed by atoms with Crippen LogP contribution in [0.1, 0.15) is 26.5 Å². The molecule has 0 spiro atoms. The molecule has 8 heteroatoms. The predicted molar refractivity (Wildman–Crippen MR) is 77.8 cm³/mol. The summed E-state index contributed by atoms with van der Waals surface area (Å²) in [7, 11) is 0. The zero-order valence-corrected chi connectivity index (χ0v) is 12.6. The Morgan fingerprint density at radius 2 is 2.20 bits per heavy atom. The zero-order valence-electron chi connectivity index (χ0n) is 11.1. The van der Waals surface area contributed by atoms with Crippen molar-refractivity contribution in [1.29, 1.82) is 0 Å². The molecule has 4 atom stereocenters. The summed E-state index contributed by atoms with van der Waals surface area (Å²) in [6.45, 7) is 4.16. The Balaban J connectivity index is 2.07. The molecule has 1 saturated heterocycles. The zero-order chi connectivity index (χ0) is 14.4. The summed E-state index contributed by atoms with van der Waals surface area (Å²) in [5, 5.41) is -0.0757. The summed E-state index contributed by atoms with van der Waals surface area (Å²) in [4.78, 5) is 12.3. The molecular formula is C12H15Cl2N5O. The Morgan fingerprint density at radius 1 is 1.45 bits per heavy atom. The second kappa shape index (κ2) is 5.02. The lowest BCUT2D eigenvalue weighted by Gasteiger charge is -2.16. The molecule has 1 aliphatic rings. The van der Waals surface area contributed by atoms with Gasteiger partial charge >= 0.3 is 0 Å². The summed E-state index contributed by atoms with van der Waals surface area (Å²) in [5.74, 6) is 0.502. The van der Waals surface area contributed by atoms with Crippen molar-refractivity contribution in [3.05, 3.63) is 11.6 Å². The normalized spacial score (nSPS) is 30.2. The van der Waals surface area contributed by atoms with Crippen LogP contribution in [0.2, 0.25) is 5.28 Å². The molecular weight excluding hydrogens is 301 g/mol. The van der Waals surface area contributed by atoms with Gasteiger partial charge in [-0.15, -0.1) is 11.6 Å². The highest BCUT2D eigenvalue weighted by Gasteiger charge is 2.41. The van der Waals surface area contributed by atoms with Crippen LogP contribution < -0.4 is 5.73 Å². The van der Waals surface area contributed by atoms with Crippen molar-refractivity contribution in [2.45, 2.75) is 38.0 Å². The highest BCUT2D eigenvalue weighted by Crippen LogP contribution is 2.40. The van der Waals surface area contributed by atoms with Crippen LogP contribution in [0.4, 0.5) is 5.82 Å². The fourth-order valence-corrected chi connectivity index (χ4v) is 3.14. The second-order valence-electron chi connectivity index (χ2n) is 4.98. The molecule has 3 heterocycles. The number of alkyl halides is 1. The van der Waals surface area contributed by atoms with Crippen molar-refractivity contribution in [3.63, 3.8) is 0 Å². The average Bonchev–Trinajstić information content (AvgIpc) is 2.93. The minimum atomic E-state index is -0.327. The summed E-state index contributed by atoms with van der Waals surface area (Å²) in [6, 6.07) is 0. The van der Waals surface area contributed by atoms with Crippen LogP contribution in [-0.2, 0) is 4.74 Å². The van der Waals surface area contributed by atoms with Crippen molar-refractivity contribution in [2.24, 2.45) is 5.92 Å². The monoisotopic (exact) mass is 315 g/mol. The van der Waals surface area contributed by atoms with Crippen LogP contribution in [-0.4, -0.2) is 31.0 Å². The number of nitrogens with zero attached hydrogens (tertiary/aromatic N) is 4. The maximum atomic E-state index is 6.49. The van der Waals surface area contributed by atoms with E-state index in [1.807, 2.05) is 0 Å². The van der Waals surface area contributed by atoms with Crippen molar-refractivity contribution in [3.8, 4) is 0 Å². The average molecular weight is 316 g/mol. The number of halogens is 2. The summed E-state index contributed by atoms with van der Waals surface area (Å²) in [6.07, 6.45) is 2.32. The van der Waals surface area contributed by atoms with E-state index in [0.717, 1.165) is 6.42 Å². The van der Waals surface area contributed by atoms with Crippen LogP contribution >= 0.6 is 23.2 Å². The Labute approximate surface area is 126 Å². The first-order valence-electron chi connectivity index (χ1n) is 6.48. The van der Waals surface area contributed by atoms with Gasteiger partial charge in [0.05, 0.1) is 17.8 Å². The Bertz CT molecular complexity index is 646. The third kappa shape index (κ3) is 2.03. The maximum absolute atomic E-state index is 6.49. The van der Waals surface area contributed by atoms with E-state index >= 15 is 0 Å². The molecule has 0 saturated carbocycles. The van der Waals surface area contributed by atoms with Crippen LogP contribution in [0.5, 0.6) is 0 Å². The van der Waals surface area contributed by atoms with Crippen LogP contribution in [0.15, 0.2) is 6.33 Å². The number of hydrogen-bond acceptors (Lipinski definition) is 5. The molecule has 1 fully saturated rings. The third-order valence-electron chi connectivity index (χ3n) is 3.77. The van der Waals surface area contributed by atoms with E-state index in [0.29, 0.717) is 11.2 Å². The lowest BCUT2D eigenvalue weighted by atomic mass is 10.0. The maximum Gasteiger partial charge on any atom is 0.226 e. The molecule has 20 heavy (non-hydrogen) atoms. The van der Waals surface area contributed by atoms with E-state index in [9.17, 15) is 0 Å². The SMILES string of the molecule is CC[C@H]1O[C@@H](n2cnc3c(N)nc(Cl)nc32)C(Cl)[C@H]1C. The van der Waals surface area contributed by atoms with Gasteiger partial charge in [0.1, 0.15) is 5.52 Å². The molecule has 0 amide bonds. The predicted octanol–water partition coefficient (Wildman–Crippen LogP) is 2.61. The van der Waals surface area contributed by atoms with Crippen molar-refractivity contribution in [2.75, 3.05) is 5.73 Å². The fourth-order valence-electron chi connectivity index (χ4n) is 2.63. The number of nitrogen functional groups attached to an aromatic ring is 1. The van der Waals surface area contributed by atoms with Crippen LogP contribution in [0.25, 0.3) is 11.2 Å². The van der Waals surface area contributed by atoms with Gasteiger partial charge in [0.2, 0.25) is 5.28 Å². The molecule has 1 unspecified atom stereocenters. The quantitative estimate of drug-likeness (QED) is 0.680. The van der Waals surface area contributed by atoms with Gasteiger partial charge in [-0.1, -0.05) is 13.8 Å². The molecule has 1 aliphatic heterocycles. The summed E-state index contributed by atoms with van der Waals surface area (Å²) >= 11 is 12.4. The van der Waals surface area contributed by atoms with Crippen molar-refractivity contribution < 1.29 is 4.74 Å². The first kappa shape index (κ1) is 13.9.